The minimum absolute atomic E-state index is 0.00921. The molecule has 3 nitrogen and oxygen atoms in total. The first-order chi connectivity index (χ1) is 8.50. The molecule has 1 aliphatic heterocycles. The minimum atomic E-state index is -0.0737. The van der Waals surface area contributed by atoms with Crippen LogP contribution in [-0.4, -0.2) is 17.9 Å². The van der Waals surface area contributed by atoms with Crippen LogP contribution >= 0.6 is 0 Å². The van der Waals surface area contributed by atoms with Crippen LogP contribution < -0.4 is 0 Å². The zero-order chi connectivity index (χ0) is 13.0. The standard InChI is InChI=1S/C15H20O3/c1-7-4-5-10-9(3)15(17)18-14(10)13-8(2)6-11(16)12(7)13/h8-10,13-14H,4-6H2,1-3H3/t8-,9+,10+,13+,14+/m1/s1. The number of ether oxygens (including phenoxy) is 1. The van der Waals surface area contributed by atoms with Crippen LogP contribution in [0.2, 0.25) is 0 Å². The first-order valence-corrected chi connectivity index (χ1v) is 6.94. The molecule has 3 rings (SSSR count). The molecular formula is C15H20O3. The lowest BCUT2D eigenvalue weighted by molar-refractivity contribution is -0.145. The fourth-order valence-corrected chi connectivity index (χ4v) is 4.07. The third-order valence-corrected chi connectivity index (χ3v) is 5.11. The molecule has 1 saturated carbocycles. The van der Waals surface area contributed by atoms with E-state index in [1.54, 1.807) is 0 Å². The Bertz CT molecular complexity index is 449. The SMILES string of the molecule is CC1=C2C(=O)C[C@@H](C)[C@@H]2[C@H]2OC(=O)[C@@H](C)[C@@H]2CC1. The summed E-state index contributed by atoms with van der Waals surface area (Å²) in [4.78, 5) is 23.9. The molecule has 0 bridgehead atoms. The second-order valence-electron chi connectivity index (χ2n) is 6.22. The Morgan fingerprint density at radius 3 is 2.67 bits per heavy atom. The number of carbonyl (C=O) groups excluding carboxylic acids is 2. The first-order valence-electron chi connectivity index (χ1n) is 6.94. The van der Waals surface area contributed by atoms with Crippen LogP contribution in [-0.2, 0) is 14.3 Å². The number of hydrogen-bond acceptors (Lipinski definition) is 3. The van der Waals surface area contributed by atoms with Gasteiger partial charge in [0.15, 0.2) is 5.78 Å². The van der Waals surface area contributed by atoms with Crippen LogP contribution in [0.1, 0.15) is 40.0 Å². The van der Waals surface area contributed by atoms with E-state index in [0.717, 1.165) is 18.4 Å². The lowest BCUT2D eigenvalue weighted by atomic mass is 9.80. The number of carbonyl (C=O) groups is 2. The molecule has 0 amide bonds. The molecule has 0 aromatic heterocycles. The van der Waals surface area contributed by atoms with Crippen molar-refractivity contribution < 1.29 is 14.3 Å². The number of fused-ring (bicyclic) bond motifs is 3. The number of allylic oxidation sites excluding steroid dienone is 1. The number of Topliss-reactive ketones (excluding diaryl/α,β-unsaturated/α-hetero) is 1. The van der Waals surface area contributed by atoms with Gasteiger partial charge in [-0.25, -0.2) is 0 Å². The summed E-state index contributed by atoms with van der Waals surface area (Å²) in [7, 11) is 0. The highest BCUT2D eigenvalue weighted by atomic mass is 16.6. The summed E-state index contributed by atoms with van der Waals surface area (Å²) in [6.45, 7) is 6.16. The maximum Gasteiger partial charge on any atom is 0.309 e. The fourth-order valence-electron chi connectivity index (χ4n) is 4.07. The van der Waals surface area contributed by atoms with Crippen LogP contribution in [0.3, 0.4) is 0 Å². The van der Waals surface area contributed by atoms with Gasteiger partial charge in [-0.05, 0) is 25.7 Å². The zero-order valence-corrected chi connectivity index (χ0v) is 11.2. The molecule has 5 atom stereocenters. The summed E-state index contributed by atoms with van der Waals surface area (Å²) in [5, 5.41) is 0. The van der Waals surface area contributed by atoms with Gasteiger partial charge >= 0.3 is 5.97 Å². The highest BCUT2D eigenvalue weighted by Crippen LogP contribution is 2.49. The second-order valence-corrected chi connectivity index (χ2v) is 6.22. The number of rotatable bonds is 0. The largest absolute Gasteiger partial charge is 0.461 e. The van der Waals surface area contributed by atoms with E-state index in [4.69, 9.17) is 4.74 Å². The fraction of sp³-hybridized carbons (Fsp3) is 0.733. The maximum absolute atomic E-state index is 12.1. The van der Waals surface area contributed by atoms with E-state index in [-0.39, 0.29) is 29.7 Å². The van der Waals surface area contributed by atoms with Crippen LogP contribution in [0, 0.1) is 23.7 Å². The molecule has 0 spiro atoms. The number of esters is 1. The molecule has 98 valence electrons. The predicted molar refractivity (Wildman–Crippen MR) is 66.7 cm³/mol. The normalized spacial score (nSPS) is 43.6. The van der Waals surface area contributed by atoms with E-state index in [1.807, 2.05) is 6.92 Å². The van der Waals surface area contributed by atoms with Gasteiger partial charge in [-0.15, -0.1) is 0 Å². The summed E-state index contributed by atoms with van der Waals surface area (Å²) < 4.78 is 5.61. The Morgan fingerprint density at radius 1 is 1.22 bits per heavy atom. The summed E-state index contributed by atoms with van der Waals surface area (Å²) in [6, 6.07) is 0. The third-order valence-electron chi connectivity index (χ3n) is 5.11. The van der Waals surface area contributed by atoms with Crippen molar-refractivity contribution in [3.05, 3.63) is 11.1 Å². The van der Waals surface area contributed by atoms with Gasteiger partial charge < -0.3 is 4.74 Å². The average Bonchev–Trinajstić information content (AvgIpc) is 2.68. The van der Waals surface area contributed by atoms with E-state index in [9.17, 15) is 9.59 Å². The van der Waals surface area contributed by atoms with Gasteiger partial charge in [0.1, 0.15) is 6.10 Å². The Hall–Kier alpha value is -1.12. The maximum atomic E-state index is 12.1. The molecule has 0 radical (unpaired) electrons. The molecule has 0 N–H and O–H groups in total. The number of hydrogen-bond donors (Lipinski definition) is 0. The molecule has 2 aliphatic carbocycles. The van der Waals surface area contributed by atoms with Crippen LogP contribution in [0.5, 0.6) is 0 Å². The molecular weight excluding hydrogens is 228 g/mol. The molecule has 0 aromatic carbocycles. The predicted octanol–water partition coefficient (Wildman–Crippen LogP) is 2.50. The highest BCUT2D eigenvalue weighted by Gasteiger charge is 2.52. The second kappa shape index (κ2) is 3.94. The van der Waals surface area contributed by atoms with Crippen molar-refractivity contribution in [3.63, 3.8) is 0 Å². The zero-order valence-electron chi connectivity index (χ0n) is 11.2. The van der Waals surface area contributed by atoms with Crippen LogP contribution in [0.25, 0.3) is 0 Å². The van der Waals surface area contributed by atoms with Gasteiger partial charge in [0, 0.05) is 23.8 Å². The van der Waals surface area contributed by atoms with Gasteiger partial charge in [-0.1, -0.05) is 19.4 Å². The molecule has 2 fully saturated rings. The lowest BCUT2D eigenvalue weighted by Gasteiger charge is -2.26. The molecule has 0 unspecified atom stereocenters. The molecule has 0 aromatic rings. The molecule has 3 aliphatic rings. The molecule has 3 heteroatoms. The lowest BCUT2D eigenvalue weighted by Crippen LogP contribution is -2.29. The minimum Gasteiger partial charge on any atom is -0.461 e. The first kappa shape index (κ1) is 11.9. The van der Waals surface area contributed by atoms with Crippen molar-refractivity contribution in [3.8, 4) is 0 Å². The smallest absolute Gasteiger partial charge is 0.309 e. The summed E-state index contributed by atoms with van der Waals surface area (Å²) in [5.74, 6) is 0.954. The Morgan fingerprint density at radius 2 is 1.94 bits per heavy atom. The Balaban J connectivity index is 2.04. The summed E-state index contributed by atoms with van der Waals surface area (Å²) in [6.07, 6.45) is 2.48. The summed E-state index contributed by atoms with van der Waals surface area (Å²) in [5.41, 5.74) is 2.21. The van der Waals surface area contributed by atoms with Crippen molar-refractivity contribution in [2.75, 3.05) is 0 Å². The number of ketones is 1. The average molecular weight is 248 g/mol. The van der Waals surface area contributed by atoms with Gasteiger partial charge in [0.05, 0.1) is 5.92 Å². The Kier molecular flexibility index (Phi) is 2.61. The van der Waals surface area contributed by atoms with Crippen molar-refractivity contribution in [2.45, 2.75) is 46.1 Å². The van der Waals surface area contributed by atoms with Crippen molar-refractivity contribution in [1.82, 2.24) is 0 Å². The van der Waals surface area contributed by atoms with E-state index < -0.39 is 0 Å². The van der Waals surface area contributed by atoms with Crippen molar-refractivity contribution >= 4 is 11.8 Å². The van der Waals surface area contributed by atoms with Gasteiger partial charge in [0.25, 0.3) is 0 Å². The monoisotopic (exact) mass is 248 g/mol. The Labute approximate surface area is 108 Å². The van der Waals surface area contributed by atoms with Crippen molar-refractivity contribution in [2.24, 2.45) is 23.7 Å². The van der Waals surface area contributed by atoms with E-state index in [0.29, 0.717) is 18.3 Å². The molecule has 18 heavy (non-hydrogen) atoms. The topological polar surface area (TPSA) is 43.4 Å². The quantitative estimate of drug-likeness (QED) is 0.619. The van der Waals surface area contributed by atoms with Gasteiger partial charge in [-0.3, -0.25) is 9.59 Å². The van der Waals surface area contributed by atoms with Gasteiger partial charge in [-0.2, -0.15) is 0 Å². The van der Waals surface area contributed by atoms with E-state index in [2.05, 4.69) is 13.8 Å². The van der Waals surface area contributed by atoms with Gasteiger partial charge in [0.2, 0.25) is 0 Å². The van der Waals surface area contributed by atoms with E-state index >= 15 is 0 Å². The molecule has 1 saturated heterocycles. The van der Waals surface area contributed by atoms with Crippen molar-refractivity contribution in [1.29, 1.82) is 0 Å². The third kappa shape index (κ3) is 1.49. The van der Waals surface area contributed by atoms with E-state index in [1.165, 1.54) is 5.57 Å². The highest BCUT2D eigenvalue weighted by molar-refractivity contribution is 5.99. The summed E-state index contributed by atoms with van der Waals surface area (Å²) >= 11 is 0. The van der Waals surface area contributed by atoms with Crippen LogP contribution in [0.4, 0.5) is 0 Å². The van der Waals surface area contributed by atoms with Crippen LogP contribution in [0.15, 0.2) is 11.1 Å². The molecule has 1 heterocycles.